The van der Waals surface area contributed by atoms with E-state index in [0.717, 1.165) is 36.1 Å². The van der Waals surface area contributed by atoms with Crippen LogP contribution in [0.4, 0.5) is 5.69 Å². The van der Waals surface area contributed by atoms with E-state index in [4.69, 9.17) is 16.0 Å². The number of aryl methyl sites for hydroxylation is 2. The van der Waals surface area contributed by atoms with Gasteiger partial charge in [0, 0.05) is 22.6 Å². The second-order valence-electron chi connectivity index (χ2n) is 7.15. The van der Waals surface area contributed by atoms with Crippen LogP contribution in [0.25, 0.3) is 21.5 Å². The molecule has 3 heterocycles. The third kappa shape index (κ3) is 3.55. The van der Waals surface area contributed by atoms with Crippen LogP contribution in [0.15, 0.2) is 51.0 Å². The van der Waals surface area contributed by atoms with Crippen molar-refractivity contribution < 1.29 is 9.34 Å². The molecule has 0 spiro atoms. The Labute approximate surface area is 184 Å². The van der Waals surface area contributed by atoms with Gasteiger partial charge in [0.1, 0.15) is 22.7 Å². The highest BCUT2D eigenvalue weighted by Gasteiger charge is 2.20. The molecular formula is C21H15ClN4O4S. The van der Waals surface area contributed by atoms with Crippen LogP contribution in [0.2, 0.25) is 5.02 Å². The smallest absolute Gasteiger partial charge is 0.282 e. The number of nitrogens with zero attached hydrogens (tertiary/aromatic N) is 4. The number of aromatic nitrogens is 2. The van der Waals surface area contributed by atoms with Crippen LogP contribution in [-0.4, -0.2) is 20.8 Å². The van der Waals surface area contributed by atoms with Crippen LogP contribution < -0.4 is 5.56 Å². The van der Waals surface area contributed by atoms with Gasteiger partial charge in [-0.05, 0) is 49.4 Å². The summed E-state index contributed by atoms with van der Waals surface area (Å²) < 4.78 is 6.92. The molecule has 0 atom stereocenters. The predicted molar refractivity (Wildman–Crippen MR) is 119 cm³/mol. The molecule has 5 rings (SSSR count). The molecule has 0 saturated carbocycles. The lowest BCUT2D eigenvalue weighted by Crippen LogP contribution is -2.17. The molecule has 0 amide bonds. The fraction of sp³-hybridized carbons (Fsp3) is 0.190. The number of halogens is 1. The Kier molecular flexibility index (Phi) is 4.91. The van der Waals surface area contributed by atoms with E-state index in [1.54, 1.807) is 23.5 Å². The summed E-state index contributed by atoms with van der Waals surface area (Å²) in [7, 11) is 0. The molecule has 0 unspecified atom stereocenters. The summed E-state index contributed by atoms with van der Waals surface area (Å²) in [5, 5.41) is 16.2. The molecule has 1 aliphatic rings. The van der Waals surface area contributed by atoms with Crippen molar-refractivity contribution in [2.75, 3.05) is 0 Å². The Balaban J connectivity index is 1.47. The largest absolute Gasteiger partial charge is 0.455 e. The van der Waals surface area contributed by atoms with Gasteiger partial charge in [-0.2, -0.15) is 9.78 Å². The van der Waals surface area contributed by atoms with Crippen molar-refractivity contribution in [1.29, 1.82) is 0 Å². The third-order valence-electron chi connectivity index (χ3n) is 5.22. The van der Waals surface area contributed by atoms with E-state index in [0.29, 0.717) is 27.5 Å². The summed E-state index contributed by atoms with van der Waals surface area (Å²) in [5.74, 6) is 0.736. The second-order valence-corrected chi connectivity index (χ2v) is 8.64. The van der Waals surface area contributed by atoms with Crippen LogP contribution in [0, 0.1) is 10.1 Å². The van der Waals surface area contributed by atoms with E-state index in [2.05, 4.69) is 10.1 Å². The maximum atomic E-state index is 13.0. The van der Waals surface area contributed by atoms with Crippen molar-refractivity contribution >= 4 is 45.1 Å². The number of non-ortho nitro benzene ring substituents is 1. The maximum Gasteiger partial charge on any atom is 0.282 e. The highest BCUT2D eigenvalue weighted by Crippen LogP contribution is 2.34. The zero-order valence-electron chi connectivity index (χ0n) is 16.1. The Morgan fingerprint density at radius 2 is 2.10 bits per heavy atom. The molecule has 0 bridgehead atoms. The van der Waals surface area contributed by atoms with Crippen molar-refractivity contribution in [3.8, 4) is 11.3 Å². The van der Waals surface area contributed by atoms with Crippen molar-refractivity contribution in [1.82, 2.24) is 9.66 Å². The average Bonchev–Trinajstić information content (AvgIpc) is 3.38. The van der Waals surface area contributed by atoms with Crippen molar-refractivity contribution in [2.24, 2.45) is 5.10 Å². The average molecular weight is 455 g/mol. The minimum absolute atomic E-state index is 0.0870. The van der Waals surface area contributed by atoms with Crippen LogP contribution in [-0.2, 0) is 12.8 Å². The van der Waals surface area contributed by atoms with Crippen molar-refractivity contribution in [3.05, 3.63) is 78.4 Å². The number of rotatable bonds is 4. The minimum Gasteiger partial charge on any atom is -0.455 e. The second kappa shape index (κ2) is 7.75. The molecule has 0 radical (unpaired) electrons. The molecule has 0 aliphatic heterocycles. The van der Waals surface area contributed by atoms with E-state index >= 15 is 0 Å². The molecule has 1 aliphatic carbocycles. The number of fused-ring (bicyclic) bond motifs is 3. The van der Waals surface area contributed by atoms with Gasteiger partial charge in [-0.25, -0.2) is 4.98 Å². The molecule has 10 heteroatoms. The number of hydrogen-bond acceptors (Lipinski definition) is 7. The molecule has 31 heavy (non-hydrogen) atoms. The summed E-state index contributed by atoms with van der Waals surface area (Å²) in [4.78, 5) is 29.9. The van der Waals surface area contributed by atoms with Gasteiger partial charge in [-0.3, -0.25) is 14.9 Å². The molecular weight excluding hydrogens is 440 g/mol. The molecule has 156 valence electrons. The molecule has 4 aromatic rings. The van der Waals surface area contributed by atoms with Gasteiger partial charge >= 0.3 is 0 Å². The van der Waals surface area contributed by atoms with Crippen molar-refractivity contribution in [3.63, 3.8) is 0 Å². The normalized spacial score (nSPS) is 13.7. The van der Waals surface area contributed by atoms with Crippen LogP contribution in [0.5, 0.6) is 0 Å². The molecule has 0 saturated heterocycles. The first-order chi connectivity index (χ1) is 15.0. The first kappa shape index (κ1) is 19.7. The highest BCUT2D eigenvalue weighted by molar-refractivity contribution is 7.18. The fourth-order valence-electron chi connectivity index (χ4n) is 3.72. The lowest BCUT2D eigenvalue weighted by atomic mass is 9.97. The highest BCUT2D eigenvalue weighted by atomic mass is 35.5. The Hall–Kier alpha value is -3.30. The quantitative estimate of drug-likeness (QED) is 0.244. The predicted octanol–water partition coefficient (Wildman–Crippen LogP) is 5.04. The van der Waals surface area contributed by atoms with Gasteiger partial charge in [-0.1, -0.05) is 11.6 Å². The number of benzene rings is 1. The van der Waals surface area contributed by atoms with Crippen LogP contribution >= 0.6 is 22.9 Å². The van der Waals surface area contributed by atoms with Crippen LogP contribution in [0.3, 0.4) is 0 Å². The Morgan fingerprint density at radius 3 is 2.94 bits per heavy atom. The maximum absolute atomic E-state index is 13.0. The number of nitro groups is 1. The van der Waals surface area contributed by atoms with E-state index in [1.165, 1.54) is 40.3 Å². The molecule has 1 aromatic carbocycles. The molecule has 3 aromatic heterocycles. The lowest BCUT2D eigenvalue weighted by Gasteiger charge is -2.09. The van der Waals surface area contributed by atoms with Gasteiger partial charge in [0.15, 0.2) is 0 Å². The van der Waals surface area contributed by atoms with Gasteiger partial charge in [0.2, 0.25) is 0 Å². The summed E-state index contributed by atoms with van der Waals surface area (Å²) >= 11 is 7.76. The van der Waals surface area contributed by atoms with E-state index < -0.39 is 4.92 Å². The third-order valence-corrected chi connectivity index (χ3v) is 6.75. The number of hydrogen-bond donors (Lipinski definition) is 0. The monoisotopic (exact) mass is 454 g/mol. The summed E-state index contributed by atoms with van der Waals surface area (Å²) in [6.45, 7) is 0. The van der Waals surface area contributed by atoms with Gasteiger partial charge in [0.05, 0.1) is 21.5 Å². The summed E-state index contributed by atoms with van der Waals surface area (Å²) in [6.07, 6.45) is 6.92. The zero-order chi connectivity index (χ0) is 21.5. The standard InChI is InChI=1S/C21H15ClN4O4S/c22-16-7-5-12(26(28)29)9-15(16)17-8-6-13(30-17)10-24-25-11-23-20-19(21(25)27)14-3-1-2-4-18(14)31-20/h5-11H,1-4H2/b24-10-. The number of furan rings is 1. The minimum atomic E-state index is -0.496. The topological polar surface area (TPSA) is 104 Å². The summed E-state index contributed by atoms with van der Waals surface area (Å²) in [5.41, 5.74) is 1.22. The molecule has 0 fully saturated rings. The van der Waals surface area contributed by atoms with Gasteiger partial charge < -0.3 is 4.42 Å². The first-order valence-corrected chi connectivity index (χ1v) is 10.8. The van der Waals surface area contributed by atoms with Crippen molar-refractivity contribution in [2.45, 2.75) is 25.7 Å². The van der Waals surface area contributed by atoms with E-state index in [-0.39, 0.29) is 11.2 Å². The number of thiophene rings is 1. The van der Waals surface area contributed by atoms with Gasteiger partial charge in [-0.15, -0.1) is 11.3 Å². The molecule has 8 nitrogen and oxygen atoms in total. The fourth-order valence-corrected chi connectivity index (χ4v) is 5.15. The Bertz CT molecular complexity index is 1420. The lowest BCUT2D eigenvalue weighted by molar-refractivity contribution is -0.384. The van der Waals surface area contributed by atoms with Gasteiger partial charge in [0.25, 0.3) is 11.2 Å². The van der Waals surface area contributed by atoms with E-state index in [9.17, 15) is 14.9 Å². The first-order valence-electron chi connectivity index (χ1n) is 9.61. The number of nitro benzene ring substituents is 1. The zero-order valence-corrected chi connectivity index (χ0v) is 17.7. The molecule has 0 N–H and O–H groups in total. The Morgan fingerprint density at radius 1 is 1.26 bits per heavy atom. The SMILES string of the molecule is O=c1c2c3c(sc2ncn1/N=C\c1ccc(-c2cc([N+](=O)[O-])ccc2Cl)o1)CCCC3. The van der Waals surface area contributed by atoms with Crippen LogP contribution in [0.1, 0.15) is 29.0 Å². The van der Waals surface area contributed by atoms with E-state index in [1.807, 2.05) is 0 Å². The summed E-state index contributed by atoms with van der Waals surface area (Å²) in [6, 6.07) is 7.43.